The minimum absolute atomic E-state index is 0.198. The lowest BCUT2D eigenvalue weighted by atomic mass is 9.95. The molecular formula is C10H18O2. The van der Waals surface area contributed by atoms with Crippen LogP contribution in [0.25, 0.3) is 0 Å². The first-order chi connectivity index (χ1) is 5.65. The van der Waals surface area contributed by atoms with E-state index < -0.39 is 5.97 Å². The average Bonchev–Trinajstić information content (AvgIpc) is 2.06. The van der Waals surface area contributed by atoms with E-state index in [4.69, 9.17) is 5.11 Å². The van der Waals surface area contributed by atoms with Crippen LogP contribution >= 0.6 is 0 Å². The second-order valence-corrected chi connectivity index (χ2v) is 2.95. The molecule has 70 valence electrons. The zero-order valence-corrected chi connectivity index (χ0v) is 8.13. The molecule has 0 heterocycles. The number of rotatable bonds is 5. The SMILES string of the molecule is C/C=C(/CC)CC(CC)C(=O)O. The molecule has 0 aromatic heterocycles. The van der Waals surface area contributed by atoms with Gasteiger partial charge >= 0.3 is 5.97 Å². The predicted molar refractivity (Wildman–Crippen MR) is 50.1 cm³/mol. The van der Waals surface area contributed by atoms with Gasteiger partial charge in [0.2, 0.25) is 0 Å². The van der Waals surface area contributed by atoms with E-state index in [0.717, 1.165) is 6.42 Å². The Labute approximate surface area is 74.3 Å². The molecule has 0 amide bonds. The van der Waals surface area contributed by atoms with Crippen LogP contribution in [0, 0.1) is 5.92 Å². The van der Waals surface area contributed by atoms with Gasteiger partial charge in [-0.25, -0.2) is 0 Å². The van der Waals surface area contributed by atoms with Gasteiger partial charge < -0.3 is 5.11 Å². The van der Waals surface area contributed by atoms with Gasteiger partial charge in [-0.15, -0.1) is 0 Å². The summed E-state index contributed by atoms with van der Waals surface area (Å²) in [5.74, 6) is -0.874. The molecule has 0 fully saturated rings. The first-order valence-electron chi connectivity index (χ1n) is 4.52. The van der Waals surface area contributed by atoms with Crippen LogP contribution in [0.3, 0.4) is 0 Å². The number of carboxylic acid groups (broad SMARTS) is 1. The van der Waals surface area contributed by atoms with Crippen LogP contribution in [0.2, 0.25) is 0 Å². The zero-order valence-electron chi connectivity index (χ0n) is 8.13. The quantitative estimate of drug-likeness (QED) is 0.644. The van der Waals surface area contributed by atoms with Crippen LogP contribution in [-0.4, -0.2) is 11.1 Å². The van der Waals surface area contributed by atoms with E-state index in [1.165, 1.54) is 5.57 Å². The van der Waals surface area contributed by atoms with Crippen molar-refractivity contribution in [3.63, 3.8) is 0 Å². The smallest absolute Gasteiger partial charge is 0.306 e. The number of aliphatic carboxylic acids is 1. The Balaban J connectivity index is 4.10. The van der Waals surface area contributed by atoms with Crippen molar-refractivity contribution in [1.82, 2.24) is 0 Å². The maximum absolute atomic E-state index is 10.7. The summed E-state index contributed by atoms with van der Waals surface area (Å²) in [4.78, 5) is 10.7. The molecule has 2 nitrogen and oxygen atoms in total. The molecule has 0 rings (SSSR count). The number of carbonyl (C=O) groups is 1. The van der Waals surface area contributed by atoms with Crippen LogP contribution in [0.1, 0.15) is 40.0 Å². The van der Waals surface area contributed by atoms with Gasteiger partial charge in [-0.2, -0.15) is 0 Å². The molecule has 1 atom stereocenters. The highest BCUT2D eigenvalue weighted by Gasteiger charge is 2.15. The summed E-state index contributed by atoms with van der Waals surface area (Å²) in [5, 5.41) is 8.79. The molecule has 0 aromatic rings. The molecule has 1 unspecified atom stereocenters. The highest BCUT2D eigenvalue weighted by atomic mass is 16.4. The molecule has 0 aliphatic carbocycles. The Bertz CT molecular complexity index is 171. The number of hydrogen-bond donors (Lipinski definition) is 1. The van der Waals surface area contributed by atoms with Gasteiger partial charge in [0, 0.05) is 0 Å². The van der Waals surface area contributed by atoms with Crippen LogP contribution in [0.15, 0.2) is 11.6 Å². The first kappa shape index (κ1) is 11.2. The molecule has 12 heavy (non-hydrogen) atoms. The molecule has 0 radical (unpaired) electrons. The summed E-state index contributed by atoms with van der Waals surface area (Å²) < 4.78 is 0. The van der Waals surface area contributed by atoms with Crippen LogP contribution in [0.4, 0.5) is 0 Å². The van der Waals surface area contributed by atoms with E-state index in [9.17, 15) is 4.79 Å². The second kappa shape index (κ2) is 5.81. The molecule has 0 spiro atoms. The predicted octanol–water partition coefficient (Wildman–Crippen LogP) is 2.84. The molecular weight excluding hydrogens is 152 g/mol. The van der Waals surface area contributed by atoms with Crippen LogP contribution < -0.4 is 0 Å². The van der Waals surface area contributed by atoms with E-state index in [0.29, 0.717) is 12.8 Å². The topological polar surface area (TPSA) is 37.3 Å². The third kappa shape index (κ3) is 3.56. The Hall–Kier alpha value is -0.790. The van der Waals surface area contributed by atoms with Crippen molar-refractivity contribution in [1.29, 1.82) is 0 Å². The van der Waals surface area contributed by atoms with Gasteiger partial charge in [0.05, 0.1) is 5.92 Å². The molecule has 0 aliphatic heterocycles. The molecule has 0 bridgehead atoms. The van der Waals surface area contributed by atoms with Crippen molar-refractivity contribution < 1.29 is 9.90 Å². The number of hydrogen-bond acceptors (Lipinski definition) is 1. The van der Waals surface area contributed by atoms with Crippen molar-refractivity contribution in [2.45, 2.75) is 40.0 Å². The van der Waals surface area contributed by atoms with Gasteiger partial charge in [0.1, 0.15) is 0 Å². The lowest BCUT2D eigenvalue weighted by molar-refractivity contribution is -0.141. The summed E-state index contributed by atoms with van der Waals surface area (Å²) in [6.07, 6.45) is 4.40. The third-order valence-corrected chi connectivity index (χ3v) is 2.21. The van der Waals surface area contributed by atoms with E-state index in [-0.39, 0.29) is 5.92 Å². The maximum atomic E-state index is 10.7. The normalized spacial score (nSPS) is 14.4. The summed E-state index contributed by atoms with van der Waals surface area (Å²) in [6.45, 7) is 5.94. The minimum Gasteiger partial charge on any atom is -0.481 e. The first-order valence-corrected chi connectivity index (χ1v) is 4.52. The fraction of sp³-hybridized carbons (Fsp3) is 0.700. The van der Waals surface area contributed by atoms with Crippen LogP contribution in [-0.2, 0) is 4.79 Å². The van der Waals surface area contributed by atoms with E-state index in [2.05, 4.69) is 6.92 Å². The van der Waals surface area contributed by atoms with Gasteiger partial charge in [0.25, 0.3) is 0 Å². The highest BCUT2D eigenvalue weighted by molar-refractivity contribution is 5.70. The third-order valence-electron chi connectivity index (χ3n) is 2.21. The van der Waals surface area contributed by atoms with Crippen molar-refractivity contribution in [3.8, 4) is 0 Å². The highest BCUT2D eigenvalue weighted by Crippen LogP contribution is 2.17. The molecule has 0 saturated carbocycles. The summed E-state index contributed by atoms with van der Waals surface area (Å²) >= 11 is 0. The summed E-state index contributed by atoms with van der Waals surface area (Å²) in [7, 11) is 0. The Kier molecular flexibility index (Phi) is 5.43. The fourth-order valence-corrected chi connectivity index (χ4v) is 1.19. The van der Waals surface area contributed by atoms with Gasteiger partial charge in [-0.1, -0.05) is 25.5 Å². The standard InChI is InChI=1S/C10H18O2/c1-4-8(5-2)7-9(6-3)10(11)12/h4,9H,5-7H2,1-3H3,(H,11,12)/b8-4-. The Morgan fingerprint density at radius 3 is 2.33 bits per heavy atom. The summed E-state index contributed by atoms with van der Waals surface area (Å²) in [5.41, 5.74) is 1.24. The van der Waals surface area contributed by atoms with Gasteiger partial charge in [-0.3, -0.25) is 4.79 Å². The average molecular weight is 170 g/mol. The summed E-state index contributed by atoms with van der Waals surface area (Å²) in [6, 6.07) is 0. The van der Waals surface area contributed by atoms with Crippen molar-refractivity contribution >= 4 is 5.97 Å². The monoisotopic (exact) mass is 170 g/mol. The van der Waals surface area contributed by atoms with Crippen LogP contribution in [0.5, 0.6) is 0 Å². The number of carboxylic acids is 1. The lowest BCUT2D eigenvalue weighted by Gasteiger charge is -2.10. The molecule has 1 N–H and O–H groups in total. The zero-order chi connectivity index (χ0) is 9.56. The van der Waals surface area contributed by atoms with Crippen molar-refractivity contribution in [3.05, 3.63) is 11.6 Å². The minimum atomic E-state index is -0.676. The molecule has 0 saturated heterocycles. The fourth-order valence-electron chi connectivity index (χ4n) is 1.19. The molecule has 0 aromatic carbocycles. The maximum Gasteiger partial charge on any atom is 0.306 e. The van der Waals surface area contributed by atoms with E-state index >= 15 is 0 Å². The van der Waals surface area contributed by atoms with E-state index in [1.807, 2.05) is 19.9 Å². The Morgan fingerprint density at radius 1 is 1.50 bits per heavy atom. The van der Waals surface area contributed by atoms with Gasteiger partial charge in [-0.05, 0) is 26.2 Å². The lowest BCUT2D eigenvalue weighted by Crippen LogP contribution is -2.13. The van der Waals surface area contributed by atoms with E-state index in [1.54, 1.807) is 0 Å². The van der Waals surface area contributed by atoms with Crippen molar-refractivity contribution in [2.24, 2.45) is 5.92 Å². The molecule has 2 heteroatoms. The number of allylic oxidation sites excluding steroid dienone is 2. The Morgan fingerprint density at radius 2 is 2.08 bits per heavy atom. The van der Waals surface area contributed by atoms with Crippen molar-refractivity contribution in [2.75, 3.05) is 0 Å². The molecule has 0 aliphatic rings. The second-order valence-electron chi connectivity index (χ2n) is 2.95. The van der Waals surface area contributed by atoms with Gasteiger partial charge in [0.15, 0.2) is 0 Å². The largest absolute Gasteiger partial charge is 0.481 e.